The van der Waals surface area contributed by atoms with Crippen LogP contribution in [-0.4, -0.2) is 65.5 Å². The molecule has 0 radical (unpaired) electrons. The summed E-state index contributed by atoms with van der Waals surface area (Å²) in [6, 6.07) is -1.41. The number of carbonyl (C=O) groups excluding carboxylic acids is 2. The van der Waals surface area contributed by atoms with Crippen molar-refractivity contribution in [1.29, 1.82) is 0 Å². The molecule has 7 nitrogen and oxygen atoms in total. The van der Waals surface area contributed by atoms with E-state index < -0.39 is 18.0 Å². The van der Waals surface area contributed by atoms with Crippen molar-refractivity contribution >= 4 is 17.9 Å². The number of urea groups is 1. The number of aliphatic carboxylic acids is 1. The molecular weight excluding hydrogens is 262 g/mol. The van der Waals surface area contributed by atoms with Gasteiger partial charge in [-0.15, -0.1) is 0 Å². The first kappa shape index (κ1) is 16.3. The number of rotatable bonds is 5. The van der Waals surface area contributed by atoms with Gasteiger partial charge in [-0.3, -0.25) is 4.79 Å². The van der Waals surface area contributed by atoms with Gasteiger partial charge in [-0.25, -0.2) is 9.59 Å². The summed E-state index contributed by atoms with van der Waals surface area (Å²) in [4.78, 5) is 37.5. The SMILES string of the molecule is CCC(C(=O)O)N(C)C(=O)NCC(=O)N1CCCCC1. The predicted octanol–water partition coefficient (Wildman–Crippen LogP) is 0.504. The molecule has 20 heavy (non-hydrogen) atoms. The largest absolute Gasteiger partial charge is 0.480 e. The molecule has 0 saturated carbocycles. The Bertz CT molecular complexity index is 367. The molecule has 1 saturated heterocycles. The molecule has 1 rings (SSSR count). The highest BCUT2D eigenvalue weighted by Crippen LogP contribution is 2.08. The molecule has 1 unspecified atom stereocenters. The Morgan fingerprint density at radius 2 is 1.85 bits per heavy atom. The minimum Gasteiger partial charge on any atom is -0.480 e. The molecule has 1 aliphatic heterocycles. The van der Waals surface area contributed by atoms with Gasteiger partial charge in [0.1, 0.15) is 6.04 Å². The first-order chi connectivity index (χ1) is 9.47. The third-order valence-corrected chi connectivity index (χ3v) is 3.56. The van der Waals surface area contributed by atoms with Gasteiger partial charge in [0.05, 0.1) is 6.54 Å². The second-order valence-electron chi connectivity index (χ2n) is 4.97. The van der Waals surface area contributed by atoms with E-state index >= 15 is 0 Å². The summed E-state index contributed by atoms with van der Waals surface area (Å²) >= 11 is 0. The lowest BCUT2D eigenvalue weighted by Gasteiger charge is -2.28. The number of carboxylic acids is 1. The van der Waals surface area contributed by atoms with Crippen LogP contribution in [0, 0.1) is 0 Å². The lowest BCUT2D eigenvalue weighted by Crippen LogP contribution is -2.50. The van der Waals surface area contributed by atoms with Gasteiger partial charge in [-0.05, 0) is 25.7 Å². The average Bonchev–Trinajstić information content (AvgIpc) is 2.45. The van der Waals surface area contributed by atoms with Crippen LogP contribution >= 0.6 is 0 Å². The number of piperidine rings is 1. The first-order valence-corrected chi connectivity index (χ1v) is 6.98. The van der Waals surface area contributed by atoms with Crippen LogP contribution in [-0.2, 0) is 9.59 Å². The normalized spacial score (nSPS) is 16.4. The van der Waals surface area contributed by atoms with Crippen molar-refractivity contribution in [3.63, 3.8) is 0 Å². The summed E-state index contributed by atoms with van der Waals surface area (Å²) in [5.74, 6) is -1.16. The quantitative estimate of drug-likeness (QED) is 0.770. The molecule has 114 valence electrons. The number of amides is 3. The van der Waals surface area contributed by atoms with E-state index in [9.17, 15) is 14.4 Å². The summed E-state index contributed by atoms with van der Waals surface area (Å²) in [6.45, 7) is 3.08. The number of carbonyl (C=O) groups is 3. The highest BCUT2D eigenvalue weighted by atomic mass is 16.4. The van der Waals surface area contributed by atoms with Crippen molar-refractivity contribution in [3.8, 4) is 0 Å². The Morgan fingerprint density at radius 3 is 2.35 bits per heavy atom. The maximum Gasteiger partial charge on any atom is 0.326 e. The summed E-state index contributed by atoms with van der Waals surface area (Å²) in [6.07, 6.45) is 3.45. The average molecular weight is 285 g/mol. The number of nitrogens with one attached hydrogen (secondary N) is 1. The van der Waals surface area contributed by atoms with Gasteiger partial charge >= 0.3 is 12.0 Å². The van der Waals surface area contributed by atoms with Crippen molar-refractivity contribution in [3.05, 3.63) is 0 Å². The molecule has 0 spiro atoms. The molecule has 0 aromatic rings. The molecular formula is C13H23N3O4. The van der Waals surface area contributed by atoms with Crippen LogP contribution in [0.4, 0.5) is 4.79 Å². The van der Waals surface area contributed by atoms with Crippen molar-refractivity contribution in [2.45, 2.75) is 38.6 Å². The zero-order chi connectivity index (χ0) is 15.1. The first-order valence-electron chi connectivity index (χ1n) is 6.98. The van der Waals surface area contributed by atoms with E-state index in [1.807, 2.05) is 0 Å². The van der Waals surface area contributed by atoms with Crippen molar-refractivity contribution in [1.82, 2.24) is 15.1 Å². The Kier molecular flexibility index (Phi) is 6.27. The van der Waals surface area contributed by atoms with Crippen molar-refractivity contribution in [2.24, 2.45) is 0 Å². The third-order valence-electron chi connectivity index (χ3n) is 3.56. The number of nitrogens with zero attached hydrogens (tertiary/aromatic N) is 2. The minimum atomic E-state index is -1.05. The van der Waals surface area contributed by atoms with Crippen LogP contribution in [0.3, 0.4) is 0 Å². The topological polar surface area (TPSA) is 90.0 Å². The van der Waals surface area contributed by atoms with E-state index in [4.69, 9.17) is 5.11 Å². The zero-order valence-corrected chi connectivity index (χ0v) is 12.1. The summed E-state index contributed by atoms with van der Waals surface area (Å²) < 4.78 is 0. The fraction of sp³-hybridized carbons (Fsp3) is 0.769. The molecule has 0 aromatic heterocycles. The van der Waals surface area contributed by atoms with E-state index in [0.717, 1.165) is 37.3 Å². The van der Waals surface area contributed by atoms with Gasteiger partial charge in [0.25, 0.3) is 0 Å². The fourth-order valence-electron chi connectivity index (χ4n) is 2.29. The highest BCUT2D eigenvalue weighted by Gasteiger charge is 2.25. The summed E-state index contributed by atoms with van der Waals surface area (Å²) in [7, 11) is 1.42. The standard InChI is InChI=1S/C13H23N3O4/c1-3-10(12(18)19)15(2)13(20)14-9-11(17)16-7-5-4-6-8-16/h10H,3-9H2,1-2H3,(H,14,20)(H,18,19). The Morgan fingerprint density at radius 1 is 1.25 bits per heavy atom. The number of carboxylic acid groups (broad SMARTS) is 1. The summed E-state index contributed by atoms with van der Waals surface area (Å²) in [5.41, 5.74) is 0. The van der Waals surface area contributed by atoms with E-state index in [-0.39, 0.29) is 12.5 Å². The van der Waals surface area contributed by atoms with E-state index in [1.165, 1.54) is 7.05 Å². The van der Waals surface area contributed by atoms with Gasteiger partial charge in [-0.1, -0.05) is 6.92 Å². The van der Waals surface area contributed by atoms with Crippen LogP contribution in [0.15, 0.2) is 0 Å². The van der Waals surface area contributed by atoms with Crippen LogP contribution in [0.2, 0.25) is 0 Å². The maximum atomic E-state index is 11.9. The maximum absolute atomic E-state index is 11.9. The molecule has 1 fully saturated rings. The van der Waals surface area contributed by atoms with Crippen molar-refractivity contribution in [2.75, 3.05) is 26.7 Å². The lowest BCUT2D eigenvalue weighted by atomic mass is 10.1. The van der Waals surface area contributed by atoms with Gasteiger partial charge in [0.2, 0.25) is 5.91 Å². The Labute approximate surface area is 118 Å². The Hall–Kier alpha value is -1.79. The van der Waals surface area contributed by atoms with Crippen LogP contribution in [0.5, 0.6) is 0 Å². The number of likely N-dealkylation sites (N-methyl/N-ethyl adjacent to an activating group) is 1. The molecule has 0 bridgehead atoms. The fourth-order valence-corrected chi connectivity index (χ4v) is 2.29. The van der Waals surface area contributed by atoms with E-state index in [1.54, 1.807) is 11.8 Å². The molecule has 0 aromatic carbocycles. The van der Waals surface area contributed by atoms with Gasteiger partial charge < -0.3 is 20.2 Å². The van der Waals surface area contributed by atoms with Crippen molar-refractivity contribution < 1.29 is 19.5 Å². The van der Waals surface area contributed by atoms with Crippen LogP contribution in [0.25, 0.3) is 0 Å². The van der Waals surface area contributed by atoms with Gasteiger partial charge in [0, 0.05) is 20.1 Å². The molecule has 1 aliphatic rings. The molecule has 0 aliphatic carbocycles. The molecule has 2 N–H and O–H groups in total. The smallest absolute Gasteiger partial charge is 0.326 e. The van der Waals surface area contributed by atoms with Crippen LogP contribution < -0.4 is 5.32 Å². The highest BCUT2D eigenvalue weighted by molar-refractivity contribution is 5.86. The van der Waals surface area contributed by atoms with E-state index in [0.29, 0.717) is 6.42 Å². The molecule has 7 heteroatoms. The number of hydrogen-bond donors (Lipinski definition) is 2. The van der Waals surface area contributed by atoms with Gasteiger partial charge in [-0.2, -0.15) is 0 Å². The number of likely N-dealkylation sites (tertiary alicyclic amines) is 1. The second kappa shape index (κ2) is 7.72. The zero-order valence-electron chi connectivity index (χ0n) is 12.1. The monoisotopic (exact) mass is 285 g/mol. The summed E-state index contributed by atoms with van der Waals surface area (Å²) in [5, 5.41) is 11.5. The molecule has 1 atom stereocenters. The second-order valence-corrected chi connectivity index (χ2v) is 4.97. The molecule has 3 amide bonds. The number of hydrogen-bond acceptors (Lipinski definition) is 3. The molecule has 1 heterocycles. The lowest BCUT2D eigenvalue weighted by molar-refractivity contribution is -0.141. The predicted molar refractivity (Wildman–Crippen MR) is 73.3 cm³/mol. The van der Waals surface area contributed by atoms with Gasteiger partial charge in [0.15, 0.2) is 0 Å². The minimum absolute atomic E-state index is 0.0841. The van der Waals surface area contributed by atoms with E-state index in [2.05, 4.69) is 5.32 Å². The van der Waals surface area contributed by atoms with Crippen LogP contribution in [0.1, 0.15) is 32.6 Å². The third kappa shape index (κ3) is 4.40. The Balaban J connectivity index is 2.41.